The monoisotopic (exact) mass is 276 g/mol. The summed E-state index contributed by atoms with van der Waals surface area (Å²) in [5, 5.41) is 0. The van der Waals surface area contributed by atoms with Crippen molar-refractivity contribution in [3.63, 3.8) is 0 Å². The summed E-state index contributed by atoms with van der Waals surface area (Å²) in [5.74, 6) is 0. The lowest BCUT2D eigenvalue weighted by atomic mass is 9.97. The van der Waals surface area contributed by atoms with Gasteiger partial charge in [-0.15, -0.1) is 0 Å². The molecule has 1 aliphatic rings. The Morgan fingerprint density at radius 3 is 2.80 bits per heavy atom. The molecule has 2 atom stereocenters. The Kier molecular flexibility index (Phi) is 5.58. The van der Waals surface area contributed by atoms with E-state index in [4.69, 9.17) is 10.5 Å². The number of aryl methyl sites for hydroxylation is 2. The third-order valence-electron chi connectivity index (χ3n) is 4.33. The maximum atomic E-state index is 6.09. The number of rotatable bonds is 6. The molecular formula is C17H28N2O. The van der Waals surface area contributed by atoms with Crippen LogP contribution in [0.3, 0.4) is 0 Å². The molecule has 0 aromatic heterocycles. The highest BCUT2D eigenvalue weighted by atomic mass is 16.5. The van der Waals surface area contributed by atoms with E-state index in [9.17, 15) is 0 Å². The third kappa shape index (κ3) is 3.60. The van der Waals surface area contributed by atoms with Gasteiger partial charge in [0.15, 0.2) is 0 Å². The first kappa shape index (κ1) is 15.5. The average Bonchev–Trinajstić information content (AvgIpc) is 2.95. The molecule has 1 fully saturated rings. The summed E-state index contributed by atoms with van der Waals surface area (Å²) in [7, 11) is 0. The maximum absolute atomic E-state index is 6.09. The molecule has 1 heterocycles. The van der Waals surface area contributed by atoms with E-state index in [1.165, 1.54) is 29.5 Å². The first-order chi connectivity index (χ1) is 9.65. The lowest BCUT2D eigenvalue weighted by molar-refractivity contribution is 0.0600. The van der Waals surface area contributed by atoms with Crippen LogP contribution in [0.25, 0.3) is 0 Å². The van der Waals surface area contributed by atoms with Crippen molar-refractivity contribution in [2.45, 2.75) is 45.8 Å². The molecule has 112 valence electrons. The van der Waals surface area contributed by atoms with Crippen molar-refractivity contribution in [1.82, 2.24) is 4.90 Å². The first-order valence-corrected chi connectivity index (χ1v) is 7.78. The number of benzene rings is 1. The number of nitrogens with zero attached hydrogens (tertiary/aromatic N) is 1. The Balaban J connectivity index is 2.17. The zero-order chi connectivity index (χ0) is 14.5. The summed E-state index contributed by atoms with van der Waals surface area (Å²) < 4.78 is 5.79. The summed E-state index contributed by atoms with van der Waals surface area (Å²) >= 11 is 0. The molecule has 1 aliphatic heterocycles. The molecule has 3 heteroatoms. The summed E-state index contributed by atoms with van der Waals surface area (Å²) in [6, 6.07) is 6.95. The second-order valence-corrected chi connectivity index (χ2v) is 5.83. The van der Waals surface area contributed by atoms with Crippen LogP contribution in [-0.2, 0) is 4.74 Å². The molecule has 0 aliphatic carbocycles. The van der Waals surface area contributed by atoms with E-state index in [1.807, 2.05) is 0 Å². The number of hydrogen-bond acceptors (Lipinski definition) is 3. The van der Waals surface area contributed by atoms with E-state index in [-0.39, 0.29) is 0 Å². The minimum absolute atomic E-state index is 0.295. The number of nitrogens with two attached hydrogens (primary N) is 1. The Bertz CT molecular complexity index is 427. The van der Waals surface area contributed by atoms with Gasteiger partial charge in [-0.1, -0.05) is 30.7 Å². The van der Waals surface area contributed by atoms with Crippen LogP contribution in [-0.4, -0.2) is 37.2 Å². The van der Waals surface area contributed by atoms with Crippen molar-refractivity contribution in [1.29, 1.82) is 0 Å². The zero-order valence-electron chi connectivity index (χ0n) is 13.1. The molecule has 1 aromatic carbocycles. The summed E-state index contributed by atoms with van der Waals surface area (Å²) in [6.45, 7) is 10.1. The molecule has 0 spiro atoms. The SMILES string of the molecule is CCN(CC1CCCO1)C(CN)c1cc(C)ccc1C. The molecule has 2 N–H and O–H groups in total. The standard InChI is InChI=1S/C17H28N2O/c1-4-19(12-15-6-5-9-20-15)17(11-18)16-10-13(2)7-8-14(16)3/h7-8,10,15,17H,4-6,9,11-12,18H2,1-3H3. The predicted octanol–water partition coefficient (Wildman–Crippen LogP) is 2.80. The van der Waals surface area contributed by atoms with Crippen LogP contribution in [0.2, 0.25) is 0 Å². The Morgan fingerprint density at radius 1 is 1.40 bits per heavy atom. The quantitative estimate of drug-likeness (QED) is 0.868. The lowest BCUT2D eigenvalue weighted by Gasteiger charge is -2.33. The Morgan fingerprint density at radius 2 is 2.20 bits per heavy atom. The fraction of sp³-hybridized carbons (Fsp3) is 0.647. The van der Waals surface area contributed by atoms with Crippen molar-refractivity contribution in [2.24, 2.45) is 5.73 Å². The molecule has 3 nitrogen and oxygen atoms in total. The second-order valence-electron chi connectivity index (χ2n) is 5.83. The fourth-order valence-electron chi connectivity index (χ4n) is 3.12. The van der Waals surface area contributed by atoms with Gasteiger partial charge in [-0.2, -0.15) is 0 Å². The molecule has 0 radical (unpaired) electrons. The van der Waals surface area contributed by atoms with Gasteiger partial charge >= 0.3 is 0 Å². The van der Waals surface area contributed by atoms with Gasteiger partial charge < -0.3 is 10.5 Å². The number of ether oxygens (including phenoxy) is 1. The summed E-state index contributed by atoms with van der Waals surface area (Å²) in [5.41, 5.74) is 10.1. The van der Waals surface area contributed by atoms with Crippen molar-refractivity contribution in [3.05, 3.63) is 34.9 Å². The highest BCUT2D eigenvalue weighted by Gasteiger charge is 2.24. The van der Waals surface area contributed by atoms with Crippen molar-refractivity contribution >= 4 is 0 Å². The van der Waals surface area contributed by atoms with Crippen LogP contribution in [0.4, 0.5) is 0 Å². The highest BCUT2D eigenvalue weighted by molar-refractivity contribution is 5.33. The topological polar surface area (TPSA) is 38.5 Å². The van der Waals surface area contributed by atoms with E-state index in [0.29, 0.717) is 18.7 Å². The van der Waals surface area contributed by atoms with Crippen LogP contribution >= 0.6 is 0 Å². The van der Waals surface area contributed by atoms with Crippen LogP contribution in [0.15, 0.2) is 18.2 Å². The van der Waals surface area contributed by atoms with Gasteiger partial charge in [0.1, 0.15) is 0 Å². The van der Waals surface area contributed by atoms with E-state index in [0.717, 1.165) is 19.7 Å². The van der Waals surface area contributed by atoms with Crippen molar-refractivity contribution in [3.8, 4) is 0 Å². The van der Waals surface area contributed by atoms with Crippen LogP contribution in [0.5, 0.6) is 0 Å². The fourth-order valence-corrected chi connectivity index (χ4v) is 3.12. The van der Waals surface area contributed by atoms with Crippen LogP contribution in [0, 0.1) is 13.8 Å². The molecule has 2 unspecified atom stereocenters. The van der Waals surface area contributed by atoms with Gasteiger partial charge in [0.05, 0.1) is 6.10 Å². The molecule has 1 aromatic rings. The van der Waals surface area contributed by atoms with Gasteiger partial charge in [-0.25, -0.2) is 0 Å². The third-order valence-corrected chi connectivity index (χ3v) is 4.33. The largest absolute Gasteiger partial charge is 0.377 e. The molecule has 0 bridgehead atoms. The Hall–Kier alpha value is -0.900. The lowest BCUT2D eigenvalue weighted by Crippen LogP contribution is -2.39. The number of hydrogen-bond donors (Lipinski definition) is 1. The van der Waals surface area contributed by atoms with E-state index in [1.54, 1.807) is 0 Å². The number of likely N-dealkylation sites (N-methyl/N-ethyl adjacent to an activating group) is 1. The maximum Gasteiger partial charge on any atom is 0.0703 e. The van der Waals surface area contributed by atoms with Gasteiger partial charge in [0.25, 0.3) is 0 Å². The molecular weight excluding hydrogens is 248 g/mol. The molecule has 0 amide bonds. The normalized spacial score (nSPS) is 20.6. The Labute approximate surface area is 123 Å². The van der Waals surface area contributed by atoms with Gasteiger partial charge in [0, 0.05) is 25.7 Å². The van der Waals surface area contributed by atoms with Crippen LogP contribution in [0.1, 0.15) is 42.5 Å². The minimum Gasteiger partial charge on any atom is -0.377 e. The zero-order valence-corrected chi connectivity index (χ0v) is 13.1. The van der Waals surface area contributed by atoms with E-state index >= 15 is 0 Å². The minimum atomic E-state index is 0.295. The molecule has 2 rings (SSSR count). The predicted molar refractivity (Wildman–Crippen MR) is 83.9 cm³/mol. The average molecular weight is 276 g/mol. The van der Waals surface area contributed by atoms with E-state index < -0.39 is 0 Å². The van der Waals surface area contributed by atoms with Gasteiger partial charge in [0.2, 0.25) is 0 Å². The van der Waals surface area contributed by atoms with E-state index in [2.05, 4.69) is 43.9 Å². The summed E-state index contributed by atoms with van der Waals surface area (Å²) in [4.78, 5) is 2.47. The molecule has 1 saturated heterocycles. The smallest absolute Gasteiger partial charge is 0.0703 e. The summed E-state index contributed by atoms with van der Waals surface area (Å²) in [6.07, 6.45) is 2.76. The van der Waals surface area contributed by atoms with Crippen LogP contribution < -0.4 is 5.73 Å². The molecule has 0 saturated carbocycles. The first-order valence-electron chi connectivity index (χ1n) is 7.78. The van der Waals surface area contributed by atoms with Crippen molar-refractivity contribution < 1.29 is 4.74 Å². The van der Waals surface area contributed by atoms with Crippen molar-refractivity contribution in [2.75, 3.05) is 26.2 Å². The second kappa shape index (κ2) is 7.21. The highest BCUT2D eigenvalue weighted by Crippen LogP contribution is 2.26. The van der Waals surface area contributed by atoms with Gasteiger partial charge in [-0.05, 0) is 44.4 Å². The van der Waals surface area contributed by atoms with Gasteiger partial charge in [-0.3, -0.25) is 4.90 Å². The molecule has 20 heavy (non-hydrogen) atoms.